The summed E-state index contributed by atoms with van der Waals surface area (Å²) in [5, 5.41) is 6.41. The first kappa shape index (κ1) is 25.2. The maximum atomic E-state index is 12.5. The van der Waals surface area contributed by atoms with E-state index in [1.54, 1.807) is 6.92 Å². The second-order valence-corrected chi connectivity index (χ2v) is 7.09. The van der Waals surface area contributed by atoms with Crippen LogP contribution in [-0.2, 0) is 4.79 Å². The summed E-state index contributed by atoms with van der Waals surface area (Å²) in [7, 11) is 0. The van der Waals surface area contributed by atoms with Crippen LogP contribution in [-0.4, -0.2) is 104 Å². The molecule has 11 heteroatoms. The second kappa shape index (κ2) is 12.0. The summed E-state index contributed by atoms with van der Waals surface area (Å²) < 4.78 is 37.5. The van der Waals surface area contributed by atoms with Crippen molar-refractivity contribution >= 4 is 35.8 Å². The molecule has 2 heterocycles. The number of piperazine rings is 1. The fourth-order valence-corrected chi connectivity index (χ4v) is 3.45. The molecule has 0 aromatic rings. The van der Waals surface area contributed by atoms with E-state index in [-0.39, 0.29) is 35.9 Å². The summed E-state index contributed by atoms with van der Waals surface area (Å²) in [4.78, 5) is 21.4. The Morgan fingerprint density at radius 1 is 1.14 bits per heavy atom. The average molecular weight is 520 g/mol. The molecule has 164 valence electrons. The number of alkyl halides is 3. The van der Waals surface area contributed by atoms with Crippen LogP contribution in [0.25, 0.3) is 0 Å². The Labute approximate surface area is 182 Å². The zero-order valence-electron chi connectivity index (χ0n) is 16.6. The van der Waals surface area contributed by atoms with Gasteiger partial charge in [-0.3, -0.25) is 19.6 Å². The number of carbonyl (C=O) groups is 1. The van der Waals surface area contributed by atoms with Crippen LogP contribution in [0.5, 0.6) is 0 Å². The number of carbonyl (C=O) groups excluding carboxylic acids is 1. The smallest absolute Gasteiger partial charge is 0.357 e. The van der Waals surface area contributed by atoms with E-state index >= 15 is 0 Å². The van der Waals surface area contributed by atoms with Gasteiger partial charge in [-0.05, 0) is 13.3 Å². The monoisotopic (exact) mass is 520 g/mol. The predicted molar refractivity (Wildman–Crippen MR) is 114 cm³/mol. The van der Waals surface area contributed by atoms with Crippen molar-refractivity contribution in [3.63, 3.8) is 0 Å². The first-order valence-corrected chi connectivity index (χ1v) is 9.58. The lowest BCUT2D eigenvalue weighted by Gasteiger charge is -2.33. The summed E-state index contributed by atoms with van der Waals surface area (Å²) in [6.45, 7) is 8.78. The van der Waals surface area contributed by atoms with Crippen LogP contribution in [0.2, 0.25) is 0 Å². The fourth-order valence-electron chi connectivity index (χ4n) is 3.45. The maximum absolute atomic E-state index is 12.5. The molecule has 0 radical (unpaired) electrons. The Morgan fingerprint density at radius 2 is 1.82 bits per heavy atom. The normalized spacial score (nSPS) is 22.1. The van der Waals surface area contributed by atoms with Crippen LogP contribution in [0, 0.1) is 0 Å². The summed E-state index contributed by atoms with van der Waals surface area (Å²) in [6.07, 6.45) is -3.48. The van der Waals surface area contributed by atoms with Gasteiger partial charge in [-0.15, -0.1) is 24.0 Å². The molecule has 2 saturated heterocycles. The molecular formula is C17H32F3IN6O. The first-order chi connectivity index (χ1) is 12.8. The van der Waals surface area contributed by atoms with Gasteiger partial charge in [-0.25, -0.2) is 0 Å². The number of rotatable bonds is 6. The zero-order chi connectivity index (χ0) is 19.9. The lowest BCUT2D eigenvalue weighted by atomic mass is 10.3. The molecule has 2 N–H and O–H groups in total. The summed E-state index contributed by atoms with van der Waals surface area (Å²) in [6, 6.07) is -0.0238. The molecule has 2 rings (SSSR count). The minimum atomic E-state index is -4.15. The highest BCUT2D eigenvalue weighted by molar-refractivity contribution is 14.0. The topological polar surface area (TPSA) is 63.2 Å². The van der Waals surface area contributed by atoms with Gasteiger partial charge < -0.3 is 15.5 Å². The van der Waals surface area contributed by atoms with Gasteiger partial charge in [-0.2, -0.15) is 13.2 Å². The molecule has 1 unspecified atom stereocenters. The molecule has 2 aliphatic heterocycles. The molecule has 7 nitrogen and oxygen atoms in total. The predicted octanol–water partition coefficient (Wildman–Crippen LogP) is 0.960. The highest BCUT2D eigenvalue weighted by atomic mass is 127. The number of likely N-dealkylation sites (tertiary alicyclic amines) is 1. The van der Waals surface area contributed by atoms with Crippen LogP contribution in [0.15, 0.2) is 4.99 Å². The quantitative estimate of drug-likeness (QED) is 0.311. The molecule has 0 spiro atoms. The van der Waals surface area contributed by atoms with Gasteiger partial charge in [0.15, 0.2) is 5.96 Å². The number of guanidine groups is 1. The molecule has 0 aromatic heterocycles. The third-order valence-corrected chi connectivity index (χ3v) is 4.86. The fraction of sp³-hybridized carbons (Fsp3) is 0.882. The van der Waals surface area contributed by atoms with Crippen molar-refractivity contribution in [1.82, 2.24) is 25.3 Å². The molecule has 0 aromatic carbocycles. The molecule has 0 bridgehead atoms. The second-order valence-electron chi connectivity index (χ2n) is 7.09. The van der Waals surface area contributed by atoms with Gasteiger partial charge in [-0.1, -0.05) is 0 Å². The van der Waals surface area contributed by atoms with Gasteiger partial charge in [0, 0.05) is 65.3 Å². The summed E-state index contributed by atoms with van der Waals surface area (Å²) in [5.74, 6) is 0.765. The highest BCUT2D eigenvalue weighted by Crippen LogP contribution is 2.19. The number of hydrogen-bond acceptors (Lipinski definition) is 4. The molecule has 0 aliphatic carbocycles. The molecule has 0 saturated carbocycles. The van der Waals surface area contributed by atoms with E-state index in [2.05, 4.69) is 20.5 Å². The largest absolute Gasteiger partial charge is 0.401 e. The summed E-state index contributed by atoms with van der Waals surface area (Å²) in [5.41, 5.74) is 0. The van der Waals surface area contributed by atoms with Crippen molar-refractivity contribution in [2.45, 2.75) is 32.5 Å². The number of aliphatic imine (C=N–C) groups is 1. The Morgan fingerprint density at radius 3 is 2.39 bits per heavy atom. The van der Waals surface area contributed by atoms with Gasteiger partial charge in [0.05, 0.1) is 13.1 Å². The average Bonchev–Trinajstić information content (AvgIpc) is 3.00. The third-order valence-electron chi connectivity index (χ3n) is 4.86. The number of nitrogens with zero attached hydrogens (tertiary/aromatic N) is 4. The molecule has 2 aliphatic rings. The number of amides is 1. The van der Waals surface area contributed by atoms with Crippen molar-refractivity contribution in [3.8, 4) is 0 Å². The van der Waals surface area contributed by atoms with Crippen molar-refractivity contribution in [3.05, 3.63) is 0 Å². The Bertz CT molecular complexity index is 512. The zero-order valence-corrected chi connectivity index (χ0v) is 18.9. The van der Waals surface area contributed by atoms with E-state index in [1.165, 1.54) is 4.90 Å². The van der Waals surface area contributed by atoms with Gasteiger partial charge in [0.2, 0.25) is 5.91 Å². The van der Waals surface area contributed by atoms with Crippen LogP contribution in [0.3, 0.4) is 0 Å². The van der Waals surface area contributed by atoms with Crippen molar-refractivity contribution < 1.29 is 18.0 Å². The van der Waals surface area contributed by atoms with Crippen LogP contribution in [0.1, 0.15) is 20.3 Å². The maximum Gasteiger partial charge on any atom is 0.401 e. The van der Waals surface area contributed by atoms with E-state index in [9.17, 15) is 18.0 Å². The standard InChI is InChI=1S/C17H31F3N6O.HI/c1-3-21-16(23-15-4-6-25(12-15)13-17(18,19)20)22-5-7-24-8-10-26(11-9-24)14(2)27;/h15H,3-13H2,1-2H3,(H2,21,22,23);1H. The van der Waals surface area contributed by atoms with E-state index in [1.807, 2.05) is 11.8 Å². The molecule has 2 fully saturated rings. The van der Waals surface area contributed by atoms with E-state index in [4.69, 9.17) is 0 Å². The highest BCUT2D eigenvalue weighted by Gasteiger charge is 2.34. The van der Waals surface area contributed by atoms with Gasteiger partial charge >= 0.3 is 6.18 Å². The van der Waals surface area contributed by atoms with Crippen molar-refractivity contribution in [2.75, 3.05) is 65.4 Å². The lowest BCUT2D eigenvalue weighted by molar-refractivity contribution is -0.143. The lowest BCUT2D eigenvalue weighted by Crippen LogP contribution is -2.49. The molecule has 28 heavy (non-hydrogen) atoms. The van der Waals surface area contributed by atoms with Crippen LogP contribution < -0.4 is 10.6 Å². The van der Waals surface area contributed by atoms with Crippen LogP contribution in [0.4, 0.5) is 13.2 Å². The Balaban J connectivity index is 0.00000392. The van der Waals surface area contributed by atoms with Crippen LogP contribution >= 0.6 is 24.0 Å². The van der Waals surface area contributed by atoms with E-state index < -0.39 is 12.7 Å². The van der Waals surface area contributed by atoms with E-state index in [0.29, 0.717) is 38.6 Å². The minimum Gasteiger partial charge on any atom is -0.357 e. The van der Waals surface area contributed by atoms with Crippen molar-refractivity contribution in [2.24, 2.45) is 4.99 Å². The third kappa shape index (κ3) is 9.12. The number of hydrogen-bond donors (Lipinski definition) is 2. The number of halogens is 4. The number of nitrogens with one attached hydrogen (secondary N) is 2. The molecular weight excluding hydrogens is 488 g/mol. The first-order valence-electron chi connectivity index (χ1n) is 9.58. The SMILES string of the molecule is CCNC(=NCCN1CCN(C(C)=O)CC1)NC1CCN(CC(F)(F)F)C1.I. The minimum absolute atomic E-state index is 0. The molecule has 1 atom stereocenters. The van der Waals surface area contributed by atoms with Crippen molar-refractivity contribution in [1.29, 1.82) is 0 Å². The Kier molecular flexibility index (Phi) is 10.8. The summed E-state index contributed by atoms with van der Waals surface area (Å²) >= 11 is 0. The molecule has 1 amide bonds. The van der Waals surface area contributed by atoms with Gasteiger partial charge in [0.25, 0.3) is 0 Å². The Hall–Kier alpha value is -0.820. The van der Waals surface area contributed by atoms with E-state index in [0.717, 1.165) is 32.7 Å². The van der Waals surface area contributed by atoms with Gasteiger partial charge in [0.1, 0.15) is 0 Å².